The zero-order chi connectivity index (χ0) is 33.9. The molecule has 0 aliphatic heterocycles. The highest BCUT2D eigenvalue weighted by Gasteiger charge is 2.19. The summed E-state index contributed by atoms with van der Waals surface area (Å²) in [6.45, 7) is 0. The number of halogens is 1. The third kappa shape index (κ3) is 4.88. The molecule has 240 valence electrons. The number of para-hydroxylation sites is 2. The molecular formula is C45H27FN4O. The first kappa shape index (κ1) is 29.0. The highest BCUT2D eigenvalue weighted by atomic mass is 19.1. The molecule has 3 aromatic heterocycles. The average molecular weight is 659 g/mol. The maximum Gasteiger partial charge on any atom is 0.164 e. The van der Waals surface area contributed by atoms with Crippen LogP contribution in [0.4, 0.5) is 4.39 Å². The molecule has 0 aliphatic carbocycles. The van der Waals surface area contributed by atoms with E-state index in [0.29, 0.717) is 17.5 Å². The molecule has 0 saturated carbocycles. The SMILES string of the molecule is Fc1ccc(-c2ccc(-c3nc(-c4ccccc4)nc(-c4cccc5oc6ccc(-n7c8ccccc8c8ccccc87)cc6c45)n3)cc2)cc1. The predicted molar refractivity (Wildman–Crippen MR) is 203 cm³/mol. The summed E-state index contributed by atoms with van der Waals surface area (Å²) in [5.41, 5.74) is 9.38. The van der Waals surface area contributed by atoms with Crippen molar-refractivity contribution in [3.63, 3.8) is 0 Å². The number of hydrogen-bond donors (Lipinski definition) is 0. The van der Waals surface area contributed by atoms with E-state index < -0.39 is 0 Å². The highest BCUT2D eigenvalue weighted by Crippen LogP contribution is 2.39. The largest absolute Gasteiger partial charge is 0.456 e. The predicted octanol–water partition coefficient (Wildman–Crippen LogP) is 11.7. The third-order valence-corrected chi connectivity index (χ3v) is 9.55. The summed E-state index contributed by atoms with van der Waals surface area (Å²) in [7, 11) is 0. The van der Waals surface area contributed by atoms with Gasteiger partial charge in [0.2, 0.25) is 0 Å². The average Bonchev–Trinajstić information content (AvgIpc) is 3.74. The van der Waals surface area contributed by atoms with Gasteiger partial charge >= 0.3 is 0 Å². The molecule has 7 aromatic carbocycles. The number of nitrogens with zero attached hydrogens (tertiary/aromatic N) is 4. The van der Waals surface area contributed by atoms with Crippen molar-refractivity contribution in [2.24, 2.45) is 0 Å². The fraction of sp³-hybridized carbons (Fsp3) is 0. The van der Waals surface area contributed by atoms with Crippen molar-refractivity contribution >= 4 is 43.7 Å². The van der Waals surface area contributed by atoms with E-state index in [0.717, 1.165) is 66.5 Å². The Hall–Kier alpha value is -6.92. The summed E-state index contributed by atoms with van der Waals surface area (Å²) in [5, 5.41) is 4.34. The van der Waals surface area contributed by atoms with E-state index >= 15 is 0 Å². The molecule has 51 heavy (non-hydrogen) atoms. The summed E-state index contributed by atoms with van der Waals surface area (Å²) < 4.78 is 22.3. The van der Waals surface area contributed by atoms with Gasteiger partial charge in [0.25, 0.3) is 0 Å². The molecule has 0 aliphatic rings. The van der Waals surface area contributed by atoms with Crippen LogP contribution in [0, 0.1) is 5.82 Å². The van der Waals surface area contributed by atoms with Crippen LogP contribution in [0.1, 0.15) is 0 Å². The van der Waals surface area contributed by atoms with Gasteiger partial charge in [0, 0.05) is 43.9 Å². The van der Waals surface area contributed by atoms with Gasteiger partial charge in [0.05, 0.1) is 11.0 Å². The maximum atomic E-state index is 13.6. The first-order chi connectivity index (χ1) is 25.2. The molecule has 0 saturated heterocycles. The number of furan rings is 1. The van der Waals surface area contributed by atoms with Gasteiger partial charge in [0.15, 0.2) is 17.5 Å². The lowest BCUT2D eigenvalue weighted by Crippen LogP contribution is -2.00. The number of fused-ring (bicyclic) bond motifs is 6. The van der Waals surface area contributed by atoms with Gasteiger partial charge in [-0.05, 0) is 59.7 Å². The van der Waals surface area contributed by atoms with Crippen molar-refractivity contribution in [1.82, 2.24) is 19.5 Å². The van der Waals surface area contributed by atoms with Crippen LogP contribution in [-0.4, -0.2) is 19.5 Å². The van der Waals surface area contributed by atoms with E-state index in [-0.39, 0.29) is 5.82 Å². The lowest BCUT2D eigenvalue weighted by molar-refractivity contribution is 0.628. The Morgan fingerprint density at radius 3 is 1.69 bits per heavy atom. The molecule has 0 amide bonds. The minimum atomic E-state index is -0.259. The fourth-order valence-corrected chi connectivity index (χ4v) is 7.14. The number of rotatable bonds is 5. The van der Waals surface area contributed by atoms with Gasteiger partial charge < -0.3 is 8.98 Å². The van der Waals surface area contributed by atoms with Gasteiger partial charge in [0.1, 0.15) is 17.0 Å². The van der Waals surface area contributed by atoms with Gasteiger partial charge in [-0.25, -0.2) is 19.3 Å². The Labute approximate surface area is 291 Å². The van der Waals surface area contributed by atoms with Crippen LogP contribution < -0.4 is 0 Å². The molecule has 6 heteroatoms. The molecule has 0 bridgehead atoms. The van der Waals surface area contributed by atoms with Crippen molar-refractivity contribution in [2.45, 2.75) is 0 Å². The summed E-state index contributed by atoms with van der Waals surface area (Å²) in [4.78, 5) is 15.1. The van der Waals surface area contributed by atoms with Crippen LogP contribution in [0.15, 0.2) is 168 Å². The molecule has 0 fully saturated rings. The summed E-state index contributed by atoms with van der Waals surface area (Å²) in [5.74, 6) is 1.43. The van der Waals surface area contributed by atoms with E-state index in [9.17, 15) is 4.39 Å². The number of benzene rings is 7. The quantitative estimate of drug-likeness (QED) is 0.185. The topological polar surface area (TPSA) is 56.7 Å². The van der Waals surface area contributed by atoms with E-state index in [1.807, 2.05) is 66.7 Å². The molecule has 10 aromatic rings. The lowest BCUT2D eigenvalue weighted by Gasteiger charge is -2.10. The molecular weight excluding hydrogens is 632 g/mol. The summed E-state index contributed by atoms with van der Waals surface area (Å²) in [6, 6.07) is 53.9. The molecule has 10 rings (SSSR count). The normalized spacial score (nSPS) is 11.6. The standard InChI is InChI=1S/C45H27FN4O/c46-32-23-21-29(22-24-32)28-17-19-31(20-18-28)44-47-43(30-9-2-1-3-10-30)48-45(49-44)36-13-8-16-41-42(36)37-27-33(25-26-40(37)51-41)50-38-14-6-4-11-34(38)35-12-5-7-15-39(35)50/h1-27H. The van der Waals surface area contributed by atoms with Crippen LogP contribution in [0.5, 0.6) is 0 Å². The van der Waals surface area contributed by atoms with Crippen LogP contribution in [0.25, 0.3) is 94.7 Å². The maximum absolute atomic E-state index is 13.6. The van der Waals surface area contributed by atoms with Crippen molar-refractivity contribution < 1.29 is 8.81 Å². The fourth-order valence-electron chi connectivity index (χ4n) is 7.14. The first-order valence-corrected chi connectivity index (χ1v) is 16.8. The van der Waals surface area contributed by atoms with Crippen molar-refractivity contribution in [1.29, 1.82) is 0 Å². The zero-order valence-corrected chi connectivity index (χ0v) is 27.2. The van der Waals surface area contributed by atoms with E-state index in [2.05, 4.69) is 77.4 Å². The number of hydrogen-bond acceptors (Lipinski definition) is 4. The van der Waals surface area contributed by atoms with Crippen LogP contribution >= 0.6 is 0 Å². The van der Waals surface area contributed by atoms with Crippen LogP contribution in [-0.2, 0) is 0 Å². The monoisotopic (exact) mass is 658 g/mol. The Morgan fingerprint density at radius 1 is 0.431 bits per heavy atom. The molecule has 0 spiro atoms. The third-order valence-electron chi connectivity index (χ3n) is 9.55. The van der Waals surface area contributed by atoms with Crippen molar-refractivity contribution in [3.8, 4) is 51.0 Å². The molecule has 3 heterocycles. The van der Waals surface area contributed by atoms with Crippen molar-refractivity contribution in [3.05, 3.63) is 170 Å². The molecule has 0 unspecified atom stereocenters. The van der Waals surface area contributed by atoms with Gasteiger partial charge in [-0.2, -0.15) is 0 Å². The van der Waals surface area contributed by atoms with Crippen LogP contribution in [0.3, 0.4) is 0 Å². The Kier molecular flexibility index (Phi) is 6.61. The second kappa shape index (κ2) is 11.6. The minimum Gasteiger partial charge on any atom is -0.456 e. The van der Waals surface area contributed by atoms with E-state index in [1.54, 1.807) is 12.1 Å². The first-order valence-electron chi connectivity index (χ1n) is 16.8. The van der Waals surface area contributed by atoms with Gasteiger partial charge in [-0.3, -0.25) is 0 Å². The highest BCUT2D eigenvalue weighted by molar-refractivity contribution is 6.13. The van der Waals surface area contributed by atoms with E-state index in [1.165, 1.54) is 22.9 Å². The van der Waals surface area contributed by atoms with Gasteiger partial charge in [-0.1, -0.05) is 115 Å². The lowest BCUT2D eigenvalue weighted by atomic mass is 10.0. The Morgan fingerprint density at radius 2 is 1.00 bits per heavy atom. The Bertz CT molecular complexity index is 2860. The van der Waals surface area contributed by atoms with Gasteiger partial charge in [-0.15, -0.1) is 0 Å². The molecule has 0 N–H and O–H groups in total. The molecule has 0 atom stereocenters. The summed E-state index contributed by atoms with van der Waals surface area (Å²) in [6.07, 6.45) is 0. The number of aromatic nitrogens is 4. The second-order valence-electron chi connectivity index (χ2n) is 12.6. The molecule has 5 nitrogen and oxygen atoms in total. The van der Waals surface area contributed by atoms with Crippen molar-refractivity contribution in [2.75, 3.05) is 0 Å². The van der Waals surface area contributed by atoms with E-state index in [4.69, 9.17) is 19.4 Å². The smallest absolute Gasteiger partial charge is 0.164 e. The minimum absolute atomic E-state index is 0.259. The summed E-state index contributed by atoms with van der Waals surface area (Å²) >= 11 is 0. The Balaban J connectivity index is 1.16. The zero-order valence-electron chi connectivity index (χ0n) is 27.2. The molecule has 0 radical (unpaired) electrons. The second-order valence-corrected chi connectivity index (χ2v) is 12.6. The van der Waals surface area contributed by atoms with Crippen LogP contribution in [0.2, 0.25) is 0 Å².